The summed E-state index contributed by atoms with van der Waals surface area (Å²) in [6.45, 7) is 1.22. The first-order valence-electron chi connectivity index (χ1n) is 6.20. The van der Waals surface area contributed by atoms with Crippen LogP contribution in [-0.4, -0.2) is 52.0 Å². The molecule has 0 saturated carbocycles. The Hall–Kier alpha value is -2.11. The standard InChI is InChI=1S/C13H17N3O3/c1-15(9-11-4-2-3-6-14-11)13(19)16-7-5-10(8-16)12(17)18/h2-4,6,10H,5,7-9H2,1H3,(H,17,18). The minimum atomic E-state index is -0.831. The summed E-state index contributed by atoms with van der Waals surface area (Å²) in [5, 5.41) is 8.93. The number of aliphatic carboxylic acids is 1. The summed E-state index contributed by atoms with van der Waals surface area (Å²) in [5.74, 6) is -1.27. The number of carboxylic acids is 1. The van der Waals surface area contributed by atoms with Crippen LogP contribution in [-0.2, 0) is 11.3 Å². The largest absolute Gasteiger partial charge is 0.481 e. The van der Waals surface area contributed by atoms with Gasteiger partial charge in [0.2, 0.25) is 0 Å². The zero-order chi connectivity index (χ0) is 13.8. The first kappa shape index (κ1) is 13.3. The third-order valence-electron chi connectivity index (χ3n) is 3.26. The van der Waals surface area contributed by atoms with E-state index in [0.717, 1.165) is 5.69 Å². The number of nitrogens with zero attached hydrogens (tertiary/aromatic N) is 3. The van der Waals surface area contributed by atoms with Gasteiger partial charge in [-0.25, -0.2) is 4.79 Å². The van der Waals surface area contributed by atoms with E-state index in [1.54, 1.807) is 23.0 Å². The summed E-state index contributed by atoms with van der Waals surface area (Å²) >= 11 is 0. The highest BCUT2D eigenvalue weighted by atomic mass is 16.4. The minimum Gasteiger partial charge on any atom is -0.481 e. The van der Waals surface area contributed by atoms with E-state index in [1.165, 1.54) is 0 Å². The highest BCUT2D eigenvalue weighted by Crippen LogP contribution is 2.18. The van der Waals surface area contributed by atoms with Gasteiger partial charge in [-0.05, 0) is 18.6 Å². The zero-order valence-electron chi connectivity index (χ0n) is 10.8. The van der Waals surface area contributed by atoms with Crippen molar-refractivity contribution in [3.63, 3.8) is 0 Å². The Morgan fingerprint density at radius 2 is 2.32 bits per heavy atom. The lowest BCUT2D eigenvalue weighted by Crippen LogP contribution is -2.40. The van der Waals surface area contributed by atoms with Crippen LogP contribution in [0.25, 0.3) is 0 Å². The van der Waals surface area contributed by atoms with Gasteiger partial charge in [0.15, 0.2) is 0 Å². The van der Waals surface area contributed by atoms with Crippen molar-refractivity contribution in [1.82, 2.24) is 14.8 Å². The first-order valence-corrected chi connectivity index (χ1v) is 6.20. The molecule has 1 aromatic heterocycles. The fourth-order valence-corrected chi connectivity index (χ4v) is 2.18. The third kappa shape index (κ3) is 3.21. The number of amides is 2. The molecular weight excluding hydrogens is 246 g/mol. The second kappa shape index (κ2) is 5.69. The van der Waals surface area contributed by atoms with E-state index in [1.807, 2.05) is 18.2 Å². The van der Waals surface area contributed by atoms with Crippen LogP contribution in [0.5, 0.6) is 0 Å². The molecule has 0 radical (unpaired) electrons. The van der Waals surface area contributed by atoms with Gasteiger partial charge in [-0.1, -0.05) is 6.07 Å². The van der Waals surface area contributed by atoms with Gasteiger partial charge in [-0.15, -0.1) is 0 Å². The lowest BCUT2D eigenvalue weighted by atomic mass is 10.1. The second-order valence-electron chi connectivity index (χ2n) is 4.73. The van der Waals surface area contributed by atoms with E-state index in [4.69, 9.17) is 5.11 Å². The van der Waals surface area contributed by atoms with Crippen molar-refractivity contribution in [2.24, 2.45) is 5.92 Å². The van der Waals surface area contributed by atoms with Crippen molar-refractivity contribution in [1.29, 1.82) is 0 Å². The van der Waals surface area contributed by atoms with Crippen molar-refractivity contribution in [2.75, 3.05) is 20.1 Å². The number of rotatable bonds is 3. The highest BCUT2D eigenvalue weighted by molar-refractivity contribution is 5.77. The van der Waals surface area contributed by atoms with E-state index >= 15 is 0 Å². The molecular formula is C13H17N3O3. The maximum Gasteiger partial charge on any atom is 0.320 e. The summed E-state index contributed by atoms with van der Waals surface area (Å²) in [6, 6.07) is 5.41. The lowest BCUT2D eigenvalue weighted by Gasteiger charge is -2.24. The number of aromatic nitrogens is 1. The number of carbonyl (C=O) groups is 2. The lowest BCUT2D eigenvalue weighted by molar-refractivity contribution is -0.141. The number of hydrogen-bond donors (Lipinski definition) is 1. The molecule has 1 aliphatic rings. The van der Waals surface area contributed by atoms with Gasteiger partial charge in [0.25, 0.3) is 0 Å². The number of pyridine rings is 1. The Bertz CT molecular complexity index is 463. The molecule has 1 saturated heterocycles. The monoisotopic (exact) mass is 263 g/mol. The summed E-state index contributed by atoms with van der Waals surface area (Å²) in [6.07, 6.45) is 2.21. The normalized spacial score (nSPS) is 18.4. The van der Waals surface area contributed by atoms with Crippen LogP contribution in [0.15, 0.2) is 24.4 Å². The maximum atomic E-state index is 12.1. The molecule has 6 nitrogen and oxygen atoms in total. The van der Waals surface area contributed by atoms with Crippen LogP contribution in [0.2, 0.25) is 0 Å². The SMILES string of the molecule is CN(Cc1ccccn1)C(=O)N1CCC(C(=O)O)C1. The molecule has 19 heavy (non-hydrogen) atoms. The van der Waals surface area contributed by atoms with Crippen molar-refractivity contribution in [2.45, 2.75) is 13.0 Å². The number of carbonyl (C=O) groups excluding carboxylic acids is 1. The Morgan fingerprint density at radius 1 is 1.53 bits per heavy atom. The Labute approximate surface area is 111 Å². The van der Waals surface area contributed by atoms with Crippen molar-refractivity contribution in [3.05, 3.63) is 30.1 Å². The van der Waals surface area contributed by atoms with Crippen molar-refractivity contribution >= 4 is 12.0 Å². The molecule has 1 atom stereocenters. The number of urea groups is 1. The molecule has 0 bridgehead atoms. The molecule has 1 aliphatic heterocycles. The van der Waals surface area contributed by atoms with Crippen molar-refractivity contribution < 1.29 is 14.7 Å². The highest BCUT2D eigenvalue weighted by Gasteiger charge is 2.32. The van der Waals surface area contributed by atoms with E-state index in [-0.39, 0.29) is 6.03 Å². The Balaban J connectivity index is 1.91. The number of likely N-dealkylation sites (tertiary alicyclic amines) is 1. The molecule has 6 heteroatoms. The second-order valence-corrected chi connectivity index (χ2v) is 4.73. The van der Waals surface area contributed by atoms with Crippen LogP contribution in [0.4, 0.5) is 4.79 Å². The van der Waals surface area contributed by atoms with Gasteiger partial charge >= 0.3 is 12.0 Å². The third-order valence-corrected chi connectivity index (χ3v) is 3.26. The van der Waals surface area contributed by atoms with E-state index in [2.05, 4.69) is 4.98 Å². The van der Waals surface area contributed by atoms with Crippen LogP contribution >= 0.6 is 0 Å². The van der Waals surface area contributed by atoms with Gasteiger partial charge in [-0.3, -0.25) is 9.78 Å². The fraction of sp³-hybridized carbons (Fsp3) is 0.462. The minimum absolute atomic E-state index is 0.144. The van der Waals surface area contributed by atoms with E-state index in [9.17, 15) is 9.59 Å². The smallest absolute Gasteiger partial charge is 0.320 e. The number of carboxylic acid groups (broad SMARTS) is 1. The fourth-order valence-electron chi connectivity index (χ4n) is 2.18. The van der Waals surface area contributed by atoms with E-state index < -0.39 is 11.9 Å². The van der Waals surface area contributed by atoms with Crippen LogP contribution < -0.4 is 0 Å². The maximum absolute atomic E-state index is 12.1. The van der Waals surface area contributed by atoms with Gasteiger partial charge in [-0.2, -0.15) is 0 Å². The molecule has 0 aliphatic carbocycles. The molecule has 2 amide bonds. The predicted octanol–water partition coefficient (Wildman–Crippen LogP) is 1.04. The Morgan fingerprint density at radius 3 is 2.89 bits per heavy atom. The van der Waals surface area contributed by atoms with Crippen LogP contribution in [0.1, 0.15) is 12.1 Å². The summed E-state index contributed by atoms with van der Waals surface area (Å²) < 4.78 is 0. The molecule has 1 fully saturated rings. The van der Waals surface area contributed by atoms with Gasteiger partial charge < -0.3 is 14.9 Å². The van der Waals surface area contributed by atoms with Gasteiger partial charge in [0.1, 0.15) is 0 Å². The first-order chi connectivity index (χ1) is 9.08. The summed E-state index contributed by atoms with van der Waals surface area (Å²) in [4.78, 5) is 30.3. The molecule has 102 valence electrons. The molecule has 1 N–H and O–H groups in total. The molecule has 2 heterocycles. The number of hydrogen-bond acceptors (Lipinski definition) is 3. The molecule has 2 rings (SSSR count). The summed E-state index contributed by atoms with van der Waals surface area (Å²) in [7, 11) is 1.70. The van der Waals surface area contributed by atoms with E-state index in [0.29, 0.717) is 26.1 Å². The molecule has 1 aromatic rings. The predicted molar refractivity (Wildman–Crippen MR) is 68.4 cm³/mol. The van der Waals surface area contributed by atoms with Crippen LogP contribution in [0, 0.1) is 5.92 Å². The molecule has 1 unspecified atom stereocenters. The summed E-state index contributed by atoms with van der Waals surface area (Å²) in [5.41, 5.74) is 0.812. The Kier molecular flexibility index (Phi) is 3.99. The molecule has 0 aromatic carbocycles. The van der Waals surface area contributed by atoms with Crippen molar-refractivity contribution in [3.8, 4) is 0 Å². The zero-order valence-corrected chi connectivity index (χ0v) is 10.8. The van der Waals surface area contributed by atoms with Gasteiger partial charge in [0.05, 0.1) is 18.2 Å². The van der Waals surface area contributed by atoms with Crippen LogP contribution in [0.3, 0.4) is 0 Å². The average Bonchev–Trinajstić information content (AvgIpc) is 2.88. The topological polar surface area (TPSA) is 73.7 Å². The molecule has 0 spiro atoms. The van der Waals surface area contributed by atoms with Gasteiger partial charge in [0, 0.05) is 26.3 Å². The average molecular weight is 263 g/mol. The quantitative estimate of drug-likeness (QED) is 0.884.